The van der Waals surface area contributed by atoms with E-state index in [0.717, 1.165) is 101 Å². The predicted octanol–water partition coefficient (Wildman–Crippen LogP) is 5.87. The zero-order chi connectivity index (χ0) is 37.2. The molecule has 54 heavy (non-hydrogen) atoms. The van der Waals surface area contributed by atoms with Crippen molar-refractivity contribution in [3.8, 4) is 22.8 Å². The zero-order valence-corrected chi connectivity index (χ0v) is 30.5. The number of hydrogen-bond acceptors (Lipinski definition) is 11. The van der Waals surface area contributed by atoms with E-state index in [4.69, 9.17) is 15.6 Å². The molecule has 0 saturated carbocycles. The van der Waals surface area contributed by atoms with Crippen LogP contribution in [0.2, 0.25) is 0 Å². The van der Waals surface area contributed by atoms with Crippen LogP contribution >= 0.6 is 11.8 Å². The number of amides is 4. The average molecular weight is 745 g/mol. The molecule has 5 heterocycles. The van der Waals surface area contributed by atoms with Gasteiger partial charge < -0.3 is 15.4 Å². The Balaban J connectivity index is 0.863. The number of anilines is 1. The van der Waals surface area contributed by atoms with Gasteiger partial charge in [0.1, 0.15) is 35.4 Å². The summed E-state index contributed by atoms with van der Waals surface area (Å²) in [6, 6.07) is 21.9. The number of thioether (sulfide) groups is 1. The van der Waals surface area contributed by atoms with Crippen LogP contribution in [0.1, 0.15) is 71.7 Å². The number of carbonyl (C=O) groups excluding carboxylic acids is 4. The standard InChI is InChI=1S/C40H40N8O5S/c41-36-34-35(25-14-16-28(17-15-25)53-27-10-3-1-4-11-27)45-48(37(34)43-24-42-36)26-9-8-21-46(23-26)20-5-2-6-22-54-31-13-7-12-29-33(31)40(52)47(39(29)51)30-18-19-32(49)44-38(30)50/h1,3-4,7,10-17,24,26,30H,2,5-6,8-9,18-23H2,(H2,41,42,43)(H,44,49,50). The van der Waals surface area contributed by atoms with Crippen molar-refractivity contribution in [2.24, 2.45) is 0 Å². The molecule has 5 aromatic rings. The number of hydrogen-bond donors (Lipinski definition) is 2. The largest absolute Gasteiger partial charge is 0.457 e. The van der Waals surface area contributed by atoms with Crippen LogP contribution in [0, 0.1) is 0 Å². The maximum absolute atomic E-state index is 13.4. The van der Waals surface area contributed by atoms with Crippen LogP contribution in [0.15, 0.2) is 84.0 Å². The van der Waals surface area contributed by atoms with Crippen LogP contribution in [0.5, 0.6) is 11.5 Å². The smallest absolute Gasteiger partial charge is 0.263 e. The molecule has 0 bridgehead atoms. The lowest BCUT2D eigenvalue weighted by Crippen LogP contribution is -2.54. The Hall–Kier alpha value is -5.60. The molecule has 3 aromatic carbocycles. The van der Waals surface area contributed by atoms with Crippen molar-refractivity contribution < 1.29 is 23.9 Å². The van der Waals surface area contributed by atoms with E-state index >= 15 is 0 Å². The fourth-order valence-electron chi connectivity index (χ4n) is 7.59. The minimum Gasteiger partial charge on any atom is -0.457 e. The van der Waals surface area contributed by atoms with Gasteiger partial charge in [0.2, 0.25) is 11.8 Å². The fraction of sp³-hybridized carbons (Fsp3) is 0.325. The van der Waals surface area contributed by atoms with Crippen LogP contribution in [-0.2, 0) is 9.59 Å². The zero-order valence-electron chi connectivity index (χ0n) is 29.6. The molecule has 2 fully saturated rings. The number of nitrogens with two attached hydrogens (primary N) is 1. The van der Waals surface area contributed by atoms with Crippen LogP contribution in [0.4, 0.5) is 5.82 Å². The number of imide groups is 2. The van der Waals surface area contributed by atoms with Gasteiger partial charge in [-0.15, -0.1) is 11.8 Å². The van der Waals surface area contributed by atoms with E-state index < -0.39 is 23.8 Å². The number of likely N-dealkylation sites (tertiary alicyclic amines) is 1. The summed E-state index contributed by atoms with van der Waals surface area (Å²) in [5.74, 6) is 0.752. The number of unbranched alkanes of at least 4 members (excludes halogenated alkanes) is 2. The highest BCUT2D eigenvalue weighted by molar-refractivity contribution is 7.99. The van der Waals surface area contributed by atoms with Crippen molar-refractivity contribution in [3.63, 3.8) is 0 Å². The first kappa shape index (κ1) is 35.4. The SMILES string of the molecule is Nc1ncnc2c1c(-c1ccc(Oc3ccccc3)cc1)nn2C1CCCN(CCCCCSc2cccc3c2C(=O)N(C2CCC(=O)NC2=O)C3=O)C1. The quantitative estimate of drug-likeness (QED) is 0.0892. The van der Waals surface area contributed by atoms with Crippen molar-refractivity contribution in [1.82, 2.24) is 34.9 Å². The summed E-state index contributed by atoms with van der Waals surface area (Å²) in [5.41, 5.74) is 9.49. The first-order chi connectivity index (χ1) is 26.4. The van der Waals surface area contributed by atoms with E-state index in [-0.39, 0.29) is 24.8 Å². The Morgan fingerprint density at radius 3 is 2.50 bits per heavy atom. The maximum Gasteiger partial charge on any atom is 0.263 e. The van der Waals surface area contributed by atoms with E-state index in [1.54, 1.807) is 23.9 Å². The molecule has 3 N–H and O–H groups in total. The van der Waals surface area contributed by atoms with E-state index in [0.29, 0.717) is 16.9 Å². The number of piperidine rings is 2. The van der Waals surface area contributed by atoms with Gasteiger partial charge in [0, 0.05) is 23.4 Å². The Kier molecular flexibility index (Phi) is 10.1. The monoisotopic (exact) mass is 744 g/mol. The number of ether oxygens (including phenoxy) is 1. The summed E-state index contributed by atoms with van der Waals surface area (Å²) < 4.78 is 8.03. The molecule has 14 heteroatoms. The number of carbonyl (C=O) groups is 4. The second-order valence-corrected chi connectivity index (χ2v) is 15.0. The summed E-state index contributed by atoms with van der Waals surface area (Å²) in [4.78, 5) is 63.9. The number of nitrogens with zero attached hydrogens (tertiary/aromatic N) is 6. The third-order valence-electron chi connectivity index (χ3n) is 10.3. The molecule has 0 aliphatic carbocycles. The van der Waals surface area contributed by atoms with Gasteiger partial charge in [-0.1, -0.05) is 30.7 Å². The number of nitrogens with one attached hydrogen (secondary N) is 1. The van der Waals surface area contributed by atoms with Gasteiger partial charge >= 0.3 is 0 Å². The first-order valence-electron chi connectivity index (χ1n) is 18.4. The number of fused-ring (bicyclic) bond motifs is 2. The van der Waals surface area contributed by atoms with Gasteiger partial charge in [-0.3, -0.25) is 29.4 Å². The number of aromatic nitrogens is 4. The van der Waals surface area contributed by atoms with Gasteiger partial charge in [-0.2, -0.15) is 5.10 Å². The lowest BCUT2D eigenvalue weighted by atomic mass is 10.0. The highest BCUT2D eigenvalue weighted by Gasteiger charge is 2.45. The summed E-state index contributed by atoms with van der Waals surface area (Å²) in [6.45, 7) is 2.84. The molecule has 0 radical (unpaired) electrons. The van der Waals surface area contributed by atoms with Crippen LogP contribution in [0.3, 0.4) is 0 Å². The van der Waals surface area contributed by atoms with Crippen molar-refractivity contribution in [3.05, 3.63) is 90.3 Å². The molecular weight excluding hydrogens is 705 g/mol. The van der Waals surface area contributed by atoms with Gasteiger partial charge in [0.25, 0.3) is 11.8 Å². The van der Waals surface area contributed by atoms with Crippen LogP contribution < -0.4 is 15.8 Å². The Bertz CT molecular complexity index is 2230. The van der Waals surface area contributed by atoms with Gasteiger partial charge in [0.05, 0.1) is 22.6 Å². The average Bonchev–Trinajstić information content (AvgIpc) is 3.70. The van der Waals surface area contributed by atoms with Gasteiger partial charge in [-0.25, -0.2) is 14.6 Å². The lowest BCUT2D eigenvalue weighted by Gasteiger charge is -2.33. The van der Waals surface area contributed by atoms with Crippen molar-refractivity contribution in [2.75, 3.05) is 31.1 Å². The predicted molar refractivity (Wildman–Crippen MR) is 204 cm³/mol. The van der Waals surface area contributed by atoms with Crippen molar-refractivity contribution >= 4 is 52.2 Å². The molecule has 13 nitrogen and oxygen atoms in total. The second-order valence-electron chi connectivity index (χ2n) is 13.8. The summed E-state index contributed by atoms with van der Waals surface area (Å²) in [5, 5.41) is 8.10. The number of rotatable bonds is 12. The van der Waals surface area contributed by atoms with Crippen LogP contribution in [-0.4, -0.2) is 84.6 Å². The Morgan fingerprint density at radius 2 is 1.69 bits per heavy atom. The molecule has 2 atom stereocenters. The maximum atomic E-state index is 13.4. The molecule has 3 aliphatic rings. The molecule has 276 valence electrons. The minimum atomic E-state index is -0.971. The highest BCUT2D eigenvalue weighted by Crippen LogP contribution is 2.36. The van der Waals surface area contributed by atoms with E-state index in [1.807, 2.05) is 65.3 Å². The molecule has 2 aromatic heterocycles. The normalized spacial score (nSPS) is 19.0. The molecule has 8 rings (SSSR count). The topological polar surface area (TPSA) is 166 Å². The first-order valence-corrected chi connectivity index (χ1v) is 19.4. The van der Waals surface area contributed by atoms with Crippen molar-refractivity contribution in [1.29, 1.82) is 0 Å². The van der Waals surface area contributed by atoms with E-state index in [9.17, 15) is 19.2 Å². The Labute approximate surface area is 316 Å². The molecule has 2 saturated heterocycles. The number of para-hydroxylation sites is 1. The third-order valence-corrected chi connectivity index (χ3v) is 11.4. The third kappa shape index (κ3) is 7.06. The minimum absolute atomic E-state index is 0.0935. The fourth-order valence-corrected chi connectivity index (χ4v) is 8.68. The number of benzene rings is 3. The molecule has 0 spiro atoms. The molecule has 3 aliphatic heterocycles. The summed E-state index contributed by atoms with van der Waals surface area (Å²) in [6.07, 6.45) is 6.75. The van der Waals surface area contributed by atoms with Crippen LogP contribution in [0.25, 0.3) is 22.3 Å². The van der Waals surface area contributed by atoms with E-state index in [2.05, 4.69) is 20.2 Å². The highest BCUT2D eigenvalue weighted by atomic mass is 32.2. The Morgan fingerprint density at radius 1 is 0.870 bits per heavy atom. The lowest BCUT2D eigenvalue weighted by molar-refractivity contribution is -0.136. The van der Waals surface area contributed by atoms with Gasteiger partial charge in [-0.05, 0) is 99.5 Å². The molecule has 4 amide bonds. The molecule has 2 unspecified atom stereocenters. The van der Waals surface area contributed by atoms with E-state index in [1.165, 1.54) is 6.33 Å². The summed E-state index contributed by atoms with van der Waals surface area (Å²) >= 11 is 1.56. The number of nitrogen functional groups attached to an aromatic ring is 1. The molecular formula is C40H40N8O5S. The van der Waals surface area contributed by atoms with Gasteiger partial charge in [0.15, 0.2) is 5.65 Å². The summed E-state index contributed by atoms with van der Waals surface area (Å²) in [7, 11) is 0. The second kappa shape index (κ2) is 15.4. The van der Waals surface area contributed by atoms with Crippen molar-refractivity contribution in [2.45, 2.75) is 61.9 Å².